The fraction of sp³-hybridized carbons (Fsp3) is 0.364. The van der Waals surface area contributed by atoms with E-state index in [1.807, 2.05) is 41.5 Å². The molecule has 1 aromatic rings. The number of phenolic OH excluding ortho intramolecular Hbond substituents is 1. The maximum atomic E-state index is 12.7. The van der Waals surface area contributed by atoms with Crippen LogP contribution in [0.3, 0.4) is 0 Å². The number of benzene rings is 1. The van der Waals surface area contributed by atoms with Gasteiger partial charge in [0.1, 0.15) is 5.75 Å². The molecule has 0 saturated carbocycles. The van der Waals surface area contributed by atoms with E-state index in [9.17, 15) is 19.5 Å². The third kappa shape index (κ3) is 4.10. The van der Waals surface area contributed by atoms with Crippen molar-refractivity contribution >= 4 is 39.7 Å². The lowest BCUT2D eigenvalue weighted by Gasteiger charge is -2.34. The highest BCUT2D eigenvalue weighted by molar-refractivity contribution is 8.42. The Bertz CT molecular complexity index is 1020. The molecule has 0 bridgehead atoms. The number of hydrogen-bond donors (Lipinski definition) is 3. The van der Waals surface area contributed by atoms with E-state index in [4.69, 9.17) is 13.8 Å². The van der Waals surface area contributed by atoms with Crippen molar-refractivity contribution in [2.24, 2.45) is 0 Å². The van der Waals surface area contributed by atoms with Gasteiger partial charge in [0.2, 0.25) is 5.17 Å². The van der Waals surface area contributed by atoms with Crippen LogP contribution in [0.4, 0.5) is 0 Å². The van der Waals surface area contributed by atoms with E-state index in [1.165, 1.54) is 6.08 Å². The Morgan fingerprint density at radius 3 is 1.81 bits per heavy atom. The highest BCUT2D eigenvalue weighted by atomic mass is 32.3. The predicted octanol–water partition coefficient (Wildman–Crippen LogP) is 3.68. The summed E-state index contributed by atoms with van der Waals surface area (Å²) < 4.78 is 10.6. The van der Waals surface area contributed by atoms with Crippen molar-refractivity contribution in [3.8, 4) is 5.75 Å². The Labute approximate surface area is 182 Å². The normalized spacial score (nSPS) is 21.0. The highest BCUT2D eigenvalue weighted by Gasteiger charge is 2.49. The molecule has 0 aromatic heterocycles. The fourth-order valence-electron chi connectivity index (χ4n) is 3.26. The van der Waals surface area contributed by atoms with Crippen molar-refractivity contribution in [2.45, 2.75) is 52.4 Å². The summed E-state index contributed by atoms with van der Waals surface area (Å²) in [5.74, 6) is -2.29. The zero-order chi connectivity index (χ0) is 23.4. The summed E-state index contributed by atoms with van der Waals surface area (Å²) in [6.07, 6.45) is 3.24. The van der Waals surface area contributed by atoms with Gasteiger partial charge in [-0.25, -0.2) is 9.59 Å². The van der Waals surface area contributed by atoms with E-state index in [1.54, 1.807) is 12.1 Å². The molecule has 2 heterocycles. The Balaban J connectivity index is 2.26. The Morgan fingerprint density at radius 1 is 0.935 bits per heavy atom. The first kappa shape index (κ1) is 22.6. The smallest absolute Gasteiger partial charge is 0.354 e. The fourth-order valence-corrected chi connectivity index (χ4v) is 5.24. The molecule has 2 aliphatic rings. The Morgan fingerprint density at radius 2 is 1.39 bits per heavy atom. The van der Waals surface area contributed by atoms with Crippen LogP contribution in [-0.2, 0) is 33.6 Å². The predicted molar refractivity (Wildman–Crippen MR) is 118 cm³/mol. The number of phenols is 1. The number of carbonyl (C=O) groups excluding carboxylic acids is 3. The van der Waals surface area contributed by atoms with Crippen molar-refractivity contribution in [1.82, 2.24) is 5.32 Å². The number of amidine groups is 1. The van der Waals surface area contributed by atoms with E-state index >= 15 is 0 Å². The Hall–Kier alpha value is -3.07. The van der Waals surface area contributed by atoms with Gasteiger partial charge in [0.15, 0.2) is 4.91 Å². The molecular weight excluding hydrogens is 420 g/mol. The van der Waals surface area contributed by atoms with Gasteiger partial charge in [-0.2, -0.15) is 0 Å². The van der Waals surface area contributed by atoms with Crippen molar-refractivity contribution in [1.29, 1.82) is 5.41 Å². The van der Waals surface area contributed by atoms with Crippen LogP contribution >= 0.6 is 10.6 Å². The average Bonchev–Trinajstić information content (AvgIpc) is 2.74. The van der Waals surface area contributed by atoms with Crippen LogP contribution in [0.2, 0.25) is 0 Å². The monoisotopic (exact) mass is 446 g/mol. The summed E-state index contributed by atoms with van der Waals surface area (Å²) in [6, 6.07) is 3.47. The van der Waals surface area contributed by atoms with Gasteiger partial charge >= 0.3 is 11.9 Å². The van der Waals surface area contributed by atoms with E-state index in [2.05, 4.69) is 5.32 Å². The zero-order valence-electron chi connectivity index (χ0n) is 18.3. The lowest BCUT2D eigenvalue weighted by Crippen LogP contribution is -2.23. The van der Waals surface area contributed by atoms with Crippen molar-refractivity contribution < 1.29 is 27.9 Å². The van der Waals surface area contributed by atoms with Crippen molar-refractivity contribution in [2.75, 3.05) is 0 Å². The van der Waals surface area contributed by atoms with Gasteiger partial charge in [0.25, 0.3) is 5.91 Å². The number of amides is 1. The molecule has 1 fully saturated rings. The lowest BCUT2D eigenvalue weighted by molar-refractivity contribution is -0.129. The molecule has 2 aliphatic heterocycles. The third-order valence-electron chi connectivity index (χ3n) is 4.81. The summed E-state index contributed by atoms with van der Waals surface area (Å²) >= 11 is 0. The minimum absolute atomic E-state index is 0.131. The number of nitrogens with one attached hydrogen (secondary N) is 2. The largest absolute Gasteiger partial charge is 0.507 e. The molecule has 0 atom stereocenters. The van der Waals surface area contributed by atoms with Crippen LogP contribution in [-0.4, -0.2) is 28.1 Å². The SMILES string of the molecule is CC(C)(C)c1cc(/C=C2/C(=O)NC(=N)S23OC(=O)C=CC(=O)O3)cc(C(C)(C)C)c1O. The molecule has 31 heavy (non-hydrogen) atoms. The number of aromatic hydroxyl groups is 1. The van der Waals surface area contributed by atoms with E-state index < -0.39 is 44.4 Å². The minimum atomic E-state index is -3.41. The maximum Gasteiger partial charge on any atom is 0.354 e. The van der Waals surface area contributed by atoms with Crippen molar-refractivity contribution in [3.05, 3.63) is 45.9 Å². The molecule has 1 spiro atoms. The molecule has 8 nitrogen and oxygen atoms in total. The highest BCUT2D eigenvalue weighted by Crippen LogP contribution is 2.62. The summed E-state index contributed by atoms with van der Waals surface area (Å²) in [6.45, 7) is 11.7. The average molecular weight is 447 g/mol. The molecule has 0 aliphatic carbocycles. The van der Waals surface area contributed by atoms with Crippen LogP contribution < -0.4 is 5.32 Å². The summed E-state index contributed by atoms with van der Waals surface area (Å²) in [7, 11) is -3.41. The van der Waals surface area contributed by atoms with Gasteiger partial charge in [-0.15, -0.1) is 0 Å². The van der Waals surface area contributed by atoms with Crippen LogP contribution in [0, 0.1) is 5.41 Å². The van der Waals surface area contributed by atoms with Gasteiger partial charge in [0, 0.05) is 23.3 Å². The first-order valence-corrected chi connectivity index (χ1v) is 11.1. The van der Waals surface area contributed by atoms with E-state index in [-0.39, 0.29) is 10.7 Å². The van der Waals surface area contributed by atoms with Crippen LogP contribution in [0.5, 0.6) is 5.75 Å². The first-order valence-electron chi connectivity index (χ1n) is 9.63. The van der Waals surface area contributed by atoms with E-state index in [0.29, 0.717) is 16.7 Å². The number of rotatable bonds is 1. The quantitative estimate of drug-likeness (QED) is 0.565. The molecule has 166 valence electrons. The number of hydrogen-bond acceptors (Lipinski definition) is 7. The summed E-state index contributed by atoms with van der Waals surface area (Å²) in [5, 5.41) is 20.9. The first-order chi connectivity index (χ1) is 14.1. The Kier molecular flexibility index (Phi) is 5.30. The van der Waals surface area contributed by atoms with Gasteiger partial charge < -0.3 is 13.5 Å². The molecule has 0 unspecified atom stereocenters. The van der Waals surface area contributed by atoms with Gasteiger partial charge in [-0.05, 0) is 45.2 Å². The maximum absolute atomic E-state index is 12.7. The summed E-state index contributed by atoms with van der Waals surface area (Å²) in [5.41, 5.74) is 1.07. The third-order valence-corrected chi connectivity index (χ3v) is 7.13. The standard InChI is InChI=1S/C22H26N2O6S/c1-21(2,3)13-9-12(10-14(18(13)27)22(4,5)6)11-15-19(28)24-20(23)31(15)29-16(25)7-8-17(26)30-31/h7-11,27H,1-6H3,(H2,23,24,28)/b15-11-. The zero-order valence-corrected chi connectivity index (χ0v) is 19.1. The molecule has 9 heteroatoms. The van der Waals surface area contributed by atoms with Gasteiger partial charge in [0.05, 0.1) is 0 Å². The molecule has 1 amide bonds. The molecular formula is C22H26N2O6S. The lowest BCUT2D eigenvalue weighted by atomic mass is 9.78. The van der Waals surface area contributed by atoms with Crippen LogP contribution in [0.25, 0.3) is 6.08 Å². The molecule has 1 aromatic carbocycles. The molecule has 1 saturated heterocycles. The second-order valence-corrected chi connectivity index (χ2v) is 11.6. The molecule has 3 N–H and O–H groups in total. The minimum Gasteiger partial charge on any atom is -0.507 e. The topological polar surface area (TPSA) is 126 Å². The summed E-state index contributed by atoms with van der Waals surface area (Å²) in [4.78, 5) is 36.6. The van der Waals surface area contributed by atoms with E-state index in [0.717, 1.165) is 12.2 Å². The van der Waals surface area contributed by atoms with Crippen LogP contribution in [0.15, 0.2) is 29.2 Å². The number of carbonyl (C=O) groups is 3. The second kappa shape index (κ2) is 7.26. The van der Waals surface area contributed by atoms with Gasteiger partial charge in [-0.3, -0.25) is 15.5 Å². The second-order valence-electron chi connectivity index (χ2n) is 9.40. The van der Waals surface area contributed by atoms with Gasteiger partial charge in [-0.1, -0.05) is 41.5 Å². The van der Waals surface area contributed by atoms with Crippen LogP contribution in [0.1, 0.15) is 58.2 Å². The molecule has 3 rings (SSSR count). The van der Waals surface area contributed by atoms with Crippen molar-refractivity contribution in [3.63, 3.8) is 0 Å². The molecule has 0 radical (unpaired) electrons.